The van der Waals surface area contributed by atoms with E-state index in [9.17, 15) is 0 Å². The molecule has 0 aromatic rings. The van der Waals surface area contributed by atoms with E-state index < -0.39 is 0 Å². The molecule has 0 unspecified atom stereocenters. The van der Waals surface area contributed by atoms with Gasteiger partial charge in [0.1, 0.15) is 6.10 Å². The molecule has 0 spiro atoms. The number of oxime groups is 1. The van der Waals surface area contributed by atoms with E-state index in [1.54, 1.807) is 0 Å². The topological polar surface area (TPSA) is 41.8 Å². The highest BCUT2D eigenvalue weighted by molar-refractivity contribution is 5.81. The number of hydrogen-bond donors (Lipinski definition) is 1. The van der Waals surface area contributed by atoms with Crippen molar-refractivity contribution < 1.29 is 9.94 Å². The van der Waals surface area contributed by atoms with Gasteiger partial charge in [0.2, 0.25) is 0 Å². The molecule has 0 atom stereocenters. The van der Waals surface area contributed by atoms with E-state index in [1.807, 2.05) is 20.8 Å². The molecule has 60 valence electrons. The van der Waals surface area contributed by atoms with Crippen LogP contribution in [0.25, 0.3) is 0 Å². The third-order valence-electron chi connectivity index (χ3n) is 0.893. The van der Waals surface area contributed by atoms with Crippen LogP contribution in [0.2, 0.25) is 0 Å². The third-order valence-corrected chi connectivity index (χ3v) is 0.893. The second-order valence-corrected chi connectivity index (χ2v) is 2.45. The summed E-state index contributed by atoms with van der Waals surface area (Å²) < 4.78 is 0. The summed E-state index contributed by atoms with van der Waals surface area (Å²) in [5.74, 6) is 0. The van der Waals surface area contributed by atoms with Gasteiger partial charge in [0.25, 0.3) is 0 Å². The third kappa shape index (κ3) is 5.56. The van der Waals surface area contributed by atoms with E-state index in [1.165, 1.54) is 0 Å². The molecule has 1 N–H and O–H groups in total. The van der Waals surface area contributed by atoms with Crippen molar-refractivity contribution in [1.29, 1.82) is 0 Å². The van der Waals surface area contributed by atoms with Gasteiger partial charge in [0.15, 0.2) is 0 Å². The number of rotatable bonds is 4. The molecule has 0 radical (unpaired) electrons. The fourth-order valence-electron chi connectivity index (χ4n) is 0.403. The molecule has 0 aliphatic rings. The Morgan fingerprint density at radius 2 is 2.20 bits per heavy atom. The standard InChI is InChI=1S/C7H15NO2/c1-6(2)10-8-7(3)4-5-9/h6,9H,4-5H2,1-3H3/b8-7+. The van der Waals surface area contributed by atoms with Crippen molar-refractivity contribution in [1.82, 2.24) is 0 Å². The molecule has 0 aliphatic carbocycles. The Balaban J connectivity index is 3.47. The summed E-state index contributed by atoms with van der Waals surface area (Å²) in [5, 5.41) is 12.2. The van der Waals surface area contributed by atoms with E-state index >= 15 is 0 Å². The maximum Gasteiger partial charge on any atom is 0.122 e. The zero-order valence-corrected chi connectivity index (χ0v) is 6.79. The van der Waals surface area contributed by atoms with Crippen LogP contribution in [0.5, 0.6) is 0 Å². The van der Waals surface area contributed by atoms with E-state index in [0.717, 1.165) is 5.71 Å². The van der Waals surface area contributed by atoms with Crippen LogP contribution in [-0.4, -0.2) is 23.5 Å². The van der Waals surface area contributed by atoms with Crippen molar-refractivity contribution in [3.63, 3.8) is 0 Å². The normalized spacial score (nSPS) is 12.3. The van der Waals surface area contributed by atoms with Crippen LogP contribution >= 0.6 is 0 Å². The minimum atomic E-state index is 0.119. The van der Waals surface area contributed by atoms with Gasteiger partial charge in [-0.3, -0.25) is 0 Å². The summed E-state index contributed by atoms with van der Waals surface area (Å²) >= 11 is 0. The fourth-order valence-corrected chi connectivity index (χ4v) is 0.403. The van der Waals surface area contributed by atoms with Crippen molar-refractivity contribution in [3.05, 3.63) is 0 Å². The molecule has 0 aliphatic heterocycles. The summed E-state index contributed by atoms with van der Waals surface area (Å²) in [4.78, 5) is 4.93. The predicted molar refractivity (Wildman–Crippen MR) is 41.0 cm³/mol. The van der Waals surface area contributed by atoms with Crippen LogP contribution < -0.4 is 0 Å². The molecular formula is C7H15NO2. The molecule has 0 fully saturated rings. The summed E-state index contributed by atoms with van der Waals surface area (Å²) in [6.45, 7) is 5.79. The molecule has 3 nitrogen and oxygen atoms in total. The van der Waals surface area contributed by atoms with E-state index in [2.05, 4.69) is 5.16 Å². The Hall–Kier alpha value is -0.570. The van der Waals surface area contributed by atoms with Gasteiger partial charge < -0.3 is 9.94 Å². The fraction of sp³-hybridized carbons (Fsp3) is 0.857. The Bertz CT molecular complexity index is 110. The van der Waals surface area contributed by atoms with Crippen molar-refractivity contribution in [3.8, 4) is 0 Å². The molecule has 0 aromatic carbocycles. The van der Waals surface area contributed by atoms with Gasteiger partial charge in [0.05, 0.1) is 5.71 Å². The number of aliphatic hydroxyl groups excluding tert-OH is 1. The average Bonchev–Trinajstić information content (AvgIpc) is 1.85. The highest BCUT2D eigenvalue weighted by Crippen LogP contribution is 1.91. The first kappa shape index (κ1) is 9.43. The van der Waals surface area contributed by atoms with Crippen LogP contribution in [0.1, 0.15) is 27.2 Å². The van der Waals surface area contributed by atoms with Crippen molar-refractivity contribution >= 4 is 5.71 Å². The summed E-state index contributed by atoms with van der Waals surface area (Å²) in [5.41, 5.74) is 0.830. The Labute approximate surface area is 61.7 Å². The lowest BCUT2D eigenvalue weighted by Gasteiger charge is -2.02. The molecule has 3 heteroatoms. The average molecular weight is 145 g/mol. The SMILES string of the molecule is C/C(CCO)=N\OC(C)C. The number of aliphatic hydroxyl groups is 1. The van der Waals surface area contributed by atoms with Gasteiger partial charge in [-0.15, -0.1) is 0 Å². The molecule has 0 bridgehead atoms. The second-order valence-electron chi connectivity index (χ2n) is 2.45. The lowest BCUT2D eigenvalue weighted by Crippen LogP contribution is -2.01. The summed E-state index contributed by atoms with van der Waals surface area (Å²) in [7, 11) is 0. The number of hydrogen-bond acceptors (Lipinski definition) is 3. The molecule has 0 aromatic heterocycles. The van der Waals surface area contributed by atoms with Crippen LogP contribution in [0.15, 0.2) is 5.16 Å². The molecule has 10 heavy (non-hydrogen) atoms. The maximum absolute atomic E-state index is 8.47. The van der Waals surface area contributed by atoms with E-state index in [0.29, 0.717) is 6.42 Å². The Morgan fingerprint density at radius 3 is 2.60 bits per heavy atom. The van der Waals surface area contributed by atoms with Gasteiger partial charge >= 0.3 is 0 Å². The first-order valence-electron chi connectivity index (χ1n) is 3.47. The maximum atomic E-state index is 8.47. The van der Waals surface area contributed by atoms with Gasteiger partial charge in [-0.1, -0.05) is 5.16 Å². The van der Waals surface area contributed by atoms with Gasteiger partial charge in [-0.25, -0.2) is 0 Å². The molecule has 0 amide bonds. The highest BCUT2D eigenvalue weighted by Gasteiger charge is 1.92. The lowest BCUT2D eigenvalue weighted by atomic mass is 10.3. The zero-order valence-electron chi connectivity index (χ0n) is 6.79. The van der Waals surface area contributed by atoms with Gasteiger partial charge in [-0.05, 0) is 20.8 Å². The highest BCUT2D eigenvalue weighted by atomic mass is 16.6. The van der Waals surface area contributed by atoms with Crippen LogP contribution in [-0.2, 0) is 4.84 Å². The quantitative estimate of drug-likeness (QED) is 0.476. The zero-order chi connectivity index (χ0) is 7.98. The minimum absolute atomic E-state index is 0.119. The first-order chi connectivity index (χ1) is 4.66. The van der Waals surface area contributed by atoms with Crippen molar-refractivity contribution in [2.24, 2.45) is 5.16 Å². The molecule has 0 saturated carbocycles. The number of nitrogens with zero attached hydrogens (tertiary/aromatic N) is 1. The summed E-state index contributed by atoms with van der Waals surface area (Å²) in [6, 6.07) is 0. The van der Waals surface area contributed by atoms with Crippen LogP contribution in [0.4, 0.5) is 0 Å². The minimum Gasteiger partial charge on any atom is -0.396 e. The molecule has 0 saturated heterocycles. The summed E-state index contributed by atoms with van der Waals surface area (Å²) in [6.07, 6.45) is 0.709. The Kier molecular flexibility index (Phi) is 4.94. The van der Waals surface area contributed by atoms with E-state index in [-0.39, 0.29) is 12.7 Å². The van der Waals surface area contributed by atoms with E-state index in [4.69, 9.17) is 9.94 Å². The van der Waals surface area contributed by atoms with Crippen molar-refractivity contribution in [2.75, 3.05) is 6.61 Å². The van der Waals surface area contributed by atoms with Gasteiger partial charge in [0, 0.05) is 13.0 Å². The van der Waals surface area contributed by atoms with Gasteiger partial charge in [-0.2, -0.15) is 0 Å². The molecule has 0 rings (SSSR count). The van der Waals surface area contributed by atoms with Crippen LogP contribution in [0.3, 0.4) is 0 Å². The molecular weight excluding hydrogens is 130 g/mol. The Morgan fingerprint density at radius 1 is 1.60 bits per heavy atom. The largest absolute Gasteiger partial charge is 0.396 e. The molecule has 0 heterocycles. The monoisotopic (exact) mass is 145 g/mol. The predicted octanol–water partition coefficient (Wildman–Crippen LogP) is 1.17. The smallest absolute Gasteiger partial charge is 0.122 e. The van der Waals surface area contributed by atoms with Crippen LogP contribution in [0, 0.1) is 0 Å². The second kappa shape index (κ2) is 5.23. The van der Waals surface area contributed by atoms with Crippen molar-refractivity contribution in [2.45, 2.75) is 33.3 Å². The first-order valence-corrected chi connectivity index (χ1v) is 3.47. The lowest BCUT2D eigenvalue weighted by molar-refractivity contribution is 0.0849.